The highest BCUT2D eigenvalue weighted by atomic mass is 16.1. The number of carbonyl (C=O) groups excluding carboxylic acids is 1. The van der Waals surface area contributed by atoms with Gasteiger partial charge in [-0.15, -0.1) is 0 Å². The Morgan fingerprint density at radius 2 is 2.00 bits per heavy atom. The van der Waals surface area contributed by atoms with Crippen molar-refractivity contribution in [1.29, 1.82) is 0 Å². The molecular weight excluding hydrogens is 192 g/mol. The van der Waals surface area contributed by atoms with Crippen LogP contribution in [0.1, 0.15) is 0 Å². The zero-order valence-electron chi connectivity index (χ0n) is 7.97. The molecule has 0 aliphatic rings. The number of amides is 1. The summed E-state index contributed by atoms with van der Waals surface area (Å²) in [7, 11) is 0. The van der Waals surface area contributed by atoms with Crippen LogP contribution in [0.4, 0.5) is 5.69 Å². The number of hydrogen-bond acceptors (Lipinski definition) is 4. The molecule has 1 aromatic heterocycles. The normalized spacial score (nSPS) is 10.2. The van der Waals surface area contributed by atoms with Gasteiger partial charge in [0, 0.05) is 18.1 Å². The summed E-state index contributed by atoms with van der Waals surface area (Å²) in [4.78, 5) is 19.3. The molecule has 0 saturated carbocycles. The van der Waals surface area contributed by atoms with Gasteiger partial charge in [0.1, 0.15) is 0 Å². The van der Waals surface area contributed by atoms with Gasteiger partial charge >= 0.3 is 0 Å². The fraction of sp³-hybridized carbons (Fsp3) is 0.100. The Hall–Kier alpha value is -2.01. The van der Waals surface area contributed by atoms with Gasteiger partial charge in [0.25, 0.3) is 0 Å². The third-order valence-electron chi connectivity index (χ3n) is 1.94. The molecule has 0 atom stereocenters. The smallest absolute Gasteiger partial charge is 0.238 e. The summed E-state index contributed by atoms with van der Waals surface area (Å²) in [5.41, 5.74) is 7.41. The van der Waals surface area contributed by atoms with Crippen molar-refractivity contribution in [3.05, 3.63) is 30.6 Å². The Bertz CT molecular complexity index is 498. The highest BCUT2D eigenvalue weighted by Crippen LogP contribution is 2.14. The van der Waals surface area contributed by atoms with Crippen molar-refractivity contribution < 1.29 is 4.79 Å². The van der Waals surface area contributed by atoms with Crippen molar-refractivity contribution in [1.82, 2.24) is 9.97 Å². The van der Waals surface area contributed by atoms with Crippen LogP contribution in [0.5, 0.6) is 0 Å². The molecule has 15 heavy (non-hydrogen) atoms. The van der Waals surface area contributed by atoms with Gasteiger partial charge in [-0.1, -0.05) is 0 Å². The Morgan fingerprint density at radius 1 is 1.27 bits per heavy atom. The van der Waals surface area contributed by atoms with Crippen molar-refractivity contribution >= 4 is 22.6 Å². The first kappa shape index (κ1) is 9.54. The molecule has 3 N–H and O–H groups in total. The molecule has 76 valence electrons. The van der Waals surface area contributed by atoms with Gasteiger partial charge in [0.05, 0.1) is 17.6 Å². The van der Waals surface area contributed by atoms with E-state index in [9.17, 15) is 4.79 Å². The second-order valence-electron chi connectivity index (χ2n) is 3.01. The maximum Gasteiger partial charge on any atom is 0.238 e. The maximum atomic E-state index is 11.0. The van der Waals surface area contributed by atoms with E-state index in [1.165, 1.54) is 0 Å². The summed E-state index contributed by atoms with van der Waals surface area (Å²) in [6.07, 6.45) is 3.23. The Labute approximate surface area is 86.3 Å². The lowest BCUT2D eigenvalue weighted by atomic mass is 10.2. The van der Waals surface area contributed by atoms with E-state index in [-0.39, 0.29) is 12.5 Å². The van der Waals surface area contributed by atoms with Crippen LogP contribution in [0.15, 0.2) is 30.6 Å². The van der Waals surface area contributed by atoms with E-state index in [1.807, 2.05) is 0 Å². The molecule has 0 saturated heterocycles. The molecule has 2 aromatic rings. The first-order chi connectivity index (χ1) is 7.29. The predicted octanol–water partition coefficient (Wildman–Crippen LogP) is 0.527. The second kappa shape index (κ2) is 4.02. The number of nitrogens with two attached hydrogens (primary N) is 1. The highest BCUT2D eigenvalue weighted by molar-refractivity contribution is 5.93. The fourth-order valence-corrected chi connectivity index (χ4v) is 1.25. The summed E-state index contributed by atoms with van der Waals surface area (Å²) in [6.45, 7) is -0.0293. The number of fused-ring (bicyclic) bond motifs is 1. The summed E-state index contributed by atoms with van der Waals surface area (Å²) in [6, 6.07) is 5.33. The molecule has 1 amide bonds. The minimum atomic E-state index is -0.224. The molecule has 0 unspecified atom stereocenters. The van der Waals surface area contributed by atoms with Gasteiger partial charge in [0.2, 0.25) is 5.91 Å². The Kier molecular flexibility index (Phi) is 2.55. The number of benzene rings is 1. The number of hydrogen-bond donors (Lipinski definition) is 2. The van der Waals surface area contributed by atoms with Gasteiger partial charge < -0.3 is 11.1 Å². The van der Waals surface area contributed by atoms with Crippen molar-refractivity contribution in [3.63, 3.8) is 0 Å². The quantitative estimate of drug-likeness (QED) is 0.744. The van der Waals surface area contributed by atoms with Crippen molar-refractivity contribution in [2.75, 3.05) is 11.9 Å². The molecule has 0 radical (unpaired) electrons. The van der Waals surface area contributed by atoms with E-state index in [4.69, 9.17) is 5.73 Å². The van der Waals surface area contributed by atoms with Crippen LogP contribution in [0.2, 0.25) is 0 Å². The van der Waals surface area contributed by atoms with Crippen LogP contribution in [0.3, 0.4) is 0 Å². The standard InChI is InChI=1S/C10H10N4O/c11-6-10(15)14-7-1-2-8-9(5-7)13-4-3-12-8/h1-5H,6,11H2,(H,14,15). The third-order valence-corrected chi connectivity index (χ3v) is 1.94. The van der Waals surface area contributed by atoms with Crippen LogP contribution in [0, 0.1) is 0 Å². The number of rotatable bonds is 2. The summed E-state index contributed by atoms with van der Waals surface area (Å²) in [5, 5.41) is 2.65. The molecule has 0 bridgehead atoms. The fourth-order valence-electron chi connectivity index (χ4n) is 1.25. The van der Waals surface area contributed by atoms with E-state index >= 15 is 0 Å². The average molecular weight is 202 g/mol. The van der Waals surface area contributed by atoms with Crippen LogP contribution in [0.25, 0.3) is 11.0 Å². The zero-order valence-corrected chi connectivity index (χ0v) is 7.97. The van der Waals surface area contributed by atoms with Crippen LogP contribution in [-0.4, -0.2) is 22.4 Å². The van der Waals surface area contributed by atoms with Gasteiger partial charge in [-0.2, -0.15) is 0 Å². The third kappa shape index (κ3) is 2.08. The SMILES string of the molecule is NCC(=O)Nc1ccc2nccnc2c1. The number of anilines is 1. The van der Waals surface area contributed by atoms with Crippen molar-refractivity contribution in [2.24, 2.45) is 5.73 Å². The Morgan fingerprint density at radius 3 is 2.73 bits per heavy atom. The largest absolute Gasteiger partial charge is 0.325 e. The molecule has 0 fully saturated rings. The van der Waals surface area contributed by atoms with Crippen LogP contribution in [-0.2, 0) is 4.79 Å². The summed E-state index contributed by atoms with van der Waals surface area (Å²) in [5.74, 6) is -0.224. The molecule has 2 rings (SSSR count). The first-order valence-corrected chi connectivity index (χ1v) is 4.50. The van der Waals surface area contributed by atoms with Crippen molar-refractivity contribution in [2.45, 2.75) is 0 Å². The van der Waals surface area contributed by atoms with Crippen LogP contribution >= 0.6 is 0 Å². The lowest BCUT2D eigenvalue weighted by Gasteiger charge is -2.03. The average Bonchev–Trinajstić information content (AvgIpc) is 2.29. The molecule has 5 nitrogen and oxygen atoms in total. The van der Waals surface area contributed by atoms with Crippen LogP contribution < -0.4 is 11.1 Å². The zero-order chi connectivity index (χ0) is 10.7. The topological polar surface area (TPSA) is 80.9 Å². The highest BCUT2D eigenvalue weighted by Gasteiger charge is 2.01. The van der Waals surface area contributed by atoms with Gasteiger partial charge in [0.15, 0.2) is 0 Å². The van der Waals surface area contributed by atoms with Crippen molar-refractivity contribution in [3.8, 4) is 0 Å². The van der Waals surface area contributed by atoms with E-state index in [0.717, 1.165) is 11.0 Å². The first-order valence-electron chi connectivity index (χ1n) is 4.50. The second-order valence-corrected chi connectivity index (χ2v) is 3.01. The minimum Gasteiger partial charge on any atom is -0.325 e. The molecule has 1 aromatic carbocycles. The predicted molar refractivity (Wildman–Crippen MR) is 57.2 cm³/mol. The molecular formula is C10H10N4O. The minimum absolute atomic E-state index is 0.0293. The number of nitrogens with zero attached hydrogens (tertiary/aromatic N) is 2. The summed E-state index contributed by atoms with van der Waals surface area (Å²) < 4.78 is 0. The van der Waals surface area contributed by atoms with Gasteiger partial charge in [-0.05, 0) is 18.2 Å². The monoisotopic (exact) mass is 202 g/mol. The van der Waals surface area contributed by atoms with E-state index in [1.54, 1.807) is 30.6 Å². The summed E-state index contributed by atoms with van der Waals surface area (Å²) >= 11 is 0. The number of aromatic nitrogens is 2. The van der Waals surface area contributed by atoms with E-state index in [2.05, 4.69) is 15.3 Å². The lowest BCUT2D eigenvalue weighted by Crippen LogP contribution is -2.21. The lowest BCUT2D eigenvalue weighted by molar-refractivity contribution is -0.114. The molecule has 5 heteroatoms. The number of carbonyl (C=O) groups is 1. The Balaban J connectivity index is 2.34. The molecule has 0 aliphatic heterocycles. The molecule has 1 heterocycles. The van der Waals surface area contributed by atoms with Gasteiger partial charge in [-0.3, -0.25) is 14.8 Å². The van der Waals surface area contributed by atoms with E-state index < -0.39 is 0 Å². The van der Waals surface area contributed by atoms with Gasteiger partial charge in [-0.25, -0.2) is 0 Å². The maximum absolute atomic E-state index is 11.0. The molecule has 0 aliphatic carbocycles. The van der Waals surface area contributed by atoms with E-state index in [0.29, 0.717) is 5.69 Å². The number of nitrogens with one attached hydrogen (secondary N) is 1. The molecule has 0 spiro atoms.